The Morgan fingerprint density at radius 3 is 3.00 bits per heavy atom. The number of pyridine rings is 1. The van der Waals surface area contributed by atoms with Crippen molar-refractivity contribution in [3.05, 3.63) is 83.9 Å². The molecule has 3 N–H and O–H groups in total. The Morgan fingerprint density at radius 2 is 2.06 bits per heavy atom. The van der Waals surface area contributed by atoms with E-state index >= 15 is 0 Å². The lowest BCUT2D eigenvalue weighted by Crippen LogP contribution is -2.34. The molecule has 2 aromatic rings. The van der Waals surface area contributed by atoms with E-state index in [9.17, 15) is 8.78 Å². The summed E-state index contributed by atoms with van der Waals surface area (Å²) in [5.74, 6) is 0.142. The summed E-state index contributed by atoms with van der Waals surface area (Å²) < 4.78 is 26.9. The van der Waals surface area contributed by atoms with Crippen molar-refractivity contribution in [1.29, 1.82) is 0 Å². The third kappa shape index (κ3) is 5.09. The Balaban J connectivity index is 1.06. The van der Waals surface area contributed by atoms with E-state index in [4.69, 9.17) is 0 Å². The van der Waals surface area contributed by atoms with Gasteiger partial charge in [-0.25, -0.2) is 8.78 Å². The summed E-state index contributed by atoms with van der Waals surface area (Å²) in [6, 6.07) is 6.58. The third-order valence-electron chi connectivity index (χ3n) is 6.54. The maximum atomic E-state index is 13.5. The van der Waals surface area contributed by atoms with Crippen molar-refractivity contribution in [2.45, 2.75) is 18.9 Å². The van der Waals surface area contributed by atoms with Crippen LogP contribution in [0.1, 0.15) is 12.8 Å². The fraction of sp³-hybridized carbons (Fsp3) is 0.346. The Bertz CT molecular complexity index is 1140. The minimum Gasteiger partial charge on any atom is -0.384 e. The van der Waals surface area contributed by atoms with Crippen molar-refractivity contribution in [2.24, 2.45) is 5.92 Å². The first-order valence-corrected chi connectivity index (χ1v) is 11.6. The highest BCUT2D eigenvalue weighted by Crippen LogP contribution is 2.24. The van der Waals surface area contributed by atoms with Gasteiger partial charge >= 0.3 is 0 Å². The molecule has 1 unspecified atom stereocenters. The highest BCUT2D eigenvalue weighted by atomic mass is 19.1. The molecule has 1 aromatic heterocycles. The second kappa shape index (κ2) is 9.75. The van der Waals surface area contributed by atoms with Crippen molar-refractivity contribution in [3.63, 3.8) is 0 Å². The largest absolute Gasteiger partial charge is 0.384 e. The number of nitrogens with zero attached hydrogens (tertiary/aromatic N) is 2. The van der Waals surface area contributed by atoms with E-state index in [0.717, 1.165) is 61.5 Å². The lowest BCUT2D eigenvalue weighted by molar-refractivity contribution is 0.322. The van der Waals surface area contributed by atoms with Gasteiger partial charge in [-0.3, -0.25) is 4.98 Å². The van der Waals surface area contributed by atoms with Crippen LogP contribution in [0.3, 0.4) is 0 Å². The van der Waals surface area contributed by atoms with Crippen LogP contribution in [0.5, 0.6) is 0 Å². The molecule has 2 aliphatic heterocycles. The van der Waals surface area contributed by atoms with Crippen LogP contribution in [0, 0.1) is 11.7 Å². The van der Waals surface area contributed by atoms with Crippen molar-refractivity contribution in [3.8, 4) is 0 Å². The Morgan fingerprint density at radius 1 is 1.12 bits per heavy atom. The zero-order valence-electron chi connectivity index (χ0n) is 18.5. The molecule has 0 spiro atoms. The minimum atomic E-state index is -0.265. The van der Waals surface area contributed by atoms with Crippen LogP contribution in [-0.4, -0.2) is 48.6 Å². The van der Waals surface area contributed by atoms with Gasteiger partial charge in [0.2, 0.25) is 0 Å². The summed E-state index contributed by atoms with van der Waals surface area (Å²) in [6.07, 6.45) is 12.8. The second-order valence-corrected chi connectivity index (χ2v) is 8.87. The molecule has 172 valence electrons. The number of rotatable bonds is 8. The Kier molecular flexibility index (Phi) is 6.39. The third-order valence-corrected chi connectivity index (χ3v) is 6.54. The highest BCUT2D eigenvalue weighted by molar-refractivity contribution is 5.90. The normalized spacial score (nSPS) is 22.3. The van der Waals surface area contributed by atoms with Gasteiger partial charge in [0.25, 0.3) is 0 Å². The molecule has 5 nitrogen and oxygen atoms in total. The van der Waals surface area contributed by atoms with Crippen LogP contribution in [0.2, 0.25) is 0 Å². The summed E-state index contributed by atoms with van der Waals surface area (Å²) >= 11 is 0. The summed E-state index contributed by atoms with van der Waals surface area (Å²) in [5, 5.41) is 11.2. The number of likely N-dealkylation sites (tertiary alicyclic amines) is 1. The van der Waals surface area contributed by atoms with Crippen molar-refractivity contribution in [2.75, 3.05) is 38.0 Å². The molecule has 0 bridgehead atoms. The second-order valence-electron chi connectivity index (χ2n) is 8.87. The average Bonchev–Trinajstić information content (AvgIpc) is 3.27. The van der Waals surface area contributed by atoms with E-state index in [1.54, 1.807) is 18.3 Å². The van der Waals surface area contributed by atoms with Gasteiger partial charge in [-0.15, -0.1) is 0 Å². The maximum absolute atomic E-state index is 13.5. The molecule has 2 atom stereocenters. The molecule has 33 heavy (non-hydrogen) atoms. The first-order valence-electron chi connectivity index (χ1n) is 11.6. The van der Waals surface area contributed by atoms with Crippen LogP contribution in [0.25, 0.3) is 10.9 Å². The predicted octanol–water partition coefficient (Wildman–Crippen LogP) is 4.25. The topological polar surface area (TPSA) is 52.2 Å². The molecule has 1 aromatic carbocycles. The molecule has 3 aliphatic rings. The van der Waals surface area contributed by atoms with E-state index in [1.807, 2.05) is 24.4 Å². The van der Waals surface area contributed by atoms with E-state index in [2.05, 4.69) is 25.8 Å². The van der Waals surface area contributed by atoms with E-state index in [-0.39, 0.29) is 17.7 Å². The smallest absolute Gasteiger partial charge is 0.125 e. The molecule has 1 fully saturated rings. The summed E-state index contributed by atoms with van der Waals surface area (Å²) in [4.78, 5) is 6.77. The summed E-state index contributed by atoms with van der Waals surface area (Å²) in [7, 11) is 0. The van der Waals surface area contributed by atoms with Gasteiger partial charge in [-0.05, 0) is 74.5 Å². The number of anilines is 1. The fourth-order valence-electron chi connectivity index (χ4n) is 4.80. The number of fused-ring (bicyclic) bond motifs is 2. The monoisotopic (exact) mass is 449 g/mol. The number of allylic oxidation sites excluding steroid dienone is 3. The van der Waals surface area contributed by atoms with Crippen LogP contribution < -0.4 is 16.0 Å². The molecule has 1 aliphatic carbocycles. The SMILES string of the molecule is FC1=CC2NC=CC(NC[C@@H]3CCN(CCCNc4ccnc5cc(F)ccc45)C3)=C2C=C1. The van der Waals surface area contributed by atoms with Gasteiger partial charge < -0.3 is 20.9 Å². The van der Waals surface area contributed by atoms with Crippen molar-refractivity contribution in [1.82, 2.24) is 20.5 Å². The standard InChI is InChI=1S/C26H29F2N5/c27-19-2-4-21-23(6-10-30-25(21)14-19)29-9-1-12-33-13-8-18(17-33)16-32-24-7-11-31-26-15-20(28)3-5-22(24)26/h2-7,10-11,14-15,18,26,31-32H,1,8-9,12-13,16-17H2,(H,29,30)/t18-,26?/m0/s1. The molecule has 5 rings (SSSR count). The van der Waals surface area contributed by atoms with Gasteiger partial charge in [-0.1, -0.05) is 6.08 Å². The number of hydrogen-bond donors (Lipinski definition) is 3. The molecule has 0 radical (unpaired) electrons. The van der Waals surface area contributed by atoms with Crippen LogP contribution in [0.4, 0.5) is 14.5 Å². The Labute approximate surface area is 193 Å². The van der Waals surface area contributed by atoms with Crippen molar-refractivity contribution < 1.29 is 8.78 Å². The molecule has 1 saturated heterocycles. The highest BCUT2D eigenvalue weighted by Gasteiger charge is 2.24. The number of nitrogens with one attached hydrogen (secondary N) is 3. The number of aromatic nitrogens is 1. The van der Waals surface area contributed by atoms with Gasteiger partial charge in [0, 0.05) is 54.2 Å². The predicted molar refractivity (Wildman–Crippen MR) is 129 cm³/mol. The minimum absolute atomic E-state index is 0.0911. The number of hydrogen-bond acceptors (Lipinski definition) is 5. The lowest BCUT2D eigenvalue weighted by atomic mass is 9.97. The van der Waals surface area contributed by atoms with Crippen LogP contribution >= 0.6 is 0 Å². The zero-order valence-corrected chi connectivity index (χ0v) is 18.5. The number of dihydropyridines is 1. The quantitative estimate of drug-likeness (QED) is 0.526. The maximum Gasteiger partial charge on any atom is 0.125 e. The first kappa shape index (κ1) is 21.6. The number of halogens is 2. The molecule has 0 saturated carbocycles. The van der Waals surface area contributed by atoms with Crippen LogP contribution in [0.15, 0.2) is 78.1 Å². The van der Waals surface area contributed by atoms with E-state index in [1.165, 1.54) is 24.6 Å². The molecule has 0 amide bonds. The van der Waals surface area contributed by atoms with E-state index in [0.29, 0.717) is 11.4 Å². The van der Waals surface area contributed by atoms with Gasteiger partial charge in [0.05, 0.1) is 11.6 Å². The van der Waals surface area contributed by atoms with Crippen molar-refractivity contribution >= 4 is 16.6 Å². The molecule has 7 heteroatoms. The first-order chi connectivity index (χ1) is 16.2. The molecular weight excluding hydrogens is 420 g/mol. The van der Waals surface area contributed by atoms with Gasteiger partial charge in [-0.2, -0.15) is 0 Å². The summed E-state index contributed by atoms with van der Waals surface area (Å²) in [5.41, 5.74) is 3.83. The molecule has 3 heterocycles. The Hall–Kier alpha value is -3.19. The average molecular weight is 450 g/mol. The lowest BCUT2D eigenvalue weighted by Gasteiger charge is -2.26. The van der Waals surface area contributed by atoms with Gasteiger partial charge in [0.1, 0.15) is 11.6 Å². The van der Waals surface area contributed by atoms with Gasteiger partial charge in [0.15, 0.2) is 0 Å². The van der Waals surface area contributed by atoms with E-state index < -0.39 is 0 Å². The molecular formula is C26H29F2N5. The number of benzene rings is 1. The van der Waals surface area contributed by atoms with Crippen LogP contribution in [-0.2, 0) is 0 Å². The fourth-order valence-corrected chi connectivity index (χ4v) is 4.80. The zero-order chi connectivity index (χ0) is 22.6. The summed E-state index contributed by atoms with van der Waals surface area (Å²) in [6.45, 7) is 5.03.